The van der Waals surface area contributed by atoms with E-state index in [0.29, 0.717) is 17.1 Å². The molecule has 0 unspecified atom stereocenters. The van der Waals surface area contributed by atoms with Crippen molar-refractivity contribution in [3.05, 3.63) is 52.6 Å². The lowest BCUT2D eigenvalue weighted by molar-refractivity contribution is 0.102. The second-order valence-corrected chi connectivity index (χ2v) is 5.10. The lowest BCUT2D eigenvalue weighted by atomic mass is 10.2. The van der Waals surface area contributed by atoms with Gasteiger partial charge in [0, 0.05) is 5.92 Å². The number of amides is 1. The molecule has 0 aliphatic carbocycles. The van der Waals surface area contributed by atoms with E-state index in [4.69, 9.17) is 16.9 Å². The summed E-state index contributed by atoms with van der Waals surface area (Å²) in [5.41, 5.74) is 0.897. The van der Waals surface area contributed by atoms with Crippen molar-refractivity contribution in [2.75, 3.05) is 5.32 Å². The first-order chi connectivity index (χ1) is 10.0. The molecule has 0 radical (unpaired) electrons. The summed E-state index contributed by atoms with van der Waals surface area (Å²) in [4.78, 5) is 20.6. The Hall–Kier alpha value is -2.45. The topological polar surface area (TPSA) is 78.7 Å². The normalized spacial score (nSPS) is 10.2. The molecule has 2 aromatic rings. The predicted molar refractivity (Wildman–Crippen MR) is 80.2 cm³/mol. The van der Waals surface area contributed by atoms with Crippen molar-refractivity contribution < 1.29 is 4.79 Å². The number of rotatable bonds is 3. The molecule has 1 aromatic carbocycles. The van der Waals surface area contributed by atoms with E-state index >= 15 is 0 Å². The summed E-state index contributed by atoms with van der Waals surface area (Å²) >= 11 is 5.98. The monoisotopic (exact) mass is 300 g/mol. The van der Waals surface area contributed by atoms with E-state index in [-0.39, 0.29) is 16.6 Å². The second-order valence-electron chi connectivity index (χ2n) is 4.69. The van der Waals surface area contributed by atoms with Crippen molar-refractivity contribution >= 4 is 23.2 Å². The van der Waals surface area contributed by atoms with Crippen LogP contribution in [0.5, 0.6) is 0 Å². The number of carbonyl (C=O) groups excluding carboxylic acids is 1. The van der Waals surface area contributed by atoms with Gasteiger partial charge in [-0.3, -0.25) is 4.79 Å². The van der Waals surface area contributed by atoms with Gasteiger partial charge in [0.15, 0.2) is 5.69 Å². The molecule has 5 nitrogen and oxygen atoms in total. The van der Waals surface area contributed by atoms with Gasteiger partial charge in [0.05, 0.1) is 22.5 Å². The Bertz CT molecular complexity index is 722. The minimum Gasteiger partial charge on any atom is -0.319 e. The summed E-state index contributed by atoms with van der Waals surface area (Å²) in [5, 5.41) is 11.8. The number of anilines is 1. The minimum atomic E-state index is -0.466. The third-order valence-corrected chi connectivity index (χ3v) is 3.07. The first-order valence-electron chi connectivity index (χ1n) is 6.36. The standard InChI is InChI=1S/C15H13ClN4O/c1-9(2)14-18-8-11(16)13(20-14)15(21)19-12-6-4-3-5-10(12)7-17/h3-6,8-9H,1-2H3,(H,19,21). The van der Waals surface area contributed by atoms with Crippen LogP contribution in [0.25, 0.3) is 0 Å². The molecule has 1 aromatic heterocycles. The Kier molecular flexibility index (Phi) is 4.51. The highest BCUT2D eigenvalue weighted by Crippen LogP contribution is 2.19. The largest absolute Gasteiger partial charge is 0.319 e. The maximum absolute atomic E-state index is 12.3. The Labute approximate surface area is 127 Å². The molecule has 0 fully saturated rings. The van der Waals surface area contributed by atoms with Gasteiger partial charge in [-0.15, -0.1) is 0 Å². The Balaban J connectivity index is 2.33. The molecule has 0 aliphatic rings. The molecule has 1 amide bonds. The average molecular weight is 301 g/mol. The van der Waals surface area contributed by atoms with E-state index in [9.17, 15) is 4.79 Å². The number of benzene rings is 1. The third kappa shape index (κ3) is 3.36. The Morgan fingerprint density at radius 2 is 2.10 bits per heavy atom. The van der Waals surface area contributed by atoms with Gasteiger partial charge in [-0.05, 0) is 12.1 Å². The van der Waals surface area contributed by atoms with E-state index in [0.717, 1.165) is 0 Å². The fraction of sp³-hybridized carbons (Fsp3) is 0.200. The van der Waals surface area contributed by atoms with Crippen LogP contribution in [0.15, 0.2) is 30.5 Å². The molecule has 0 saturated heterocycles. The highest BCUT2D eigenvalue weighted by molar-refractivity contribution is 6.33. The SMILES string of the molecule is CC(C)c1ncc(Cl)c(C(=O)Nc2ccccc2C#N)n1. The molecule has 0 aliphatic heterocycles. The summed E-state index contributed by atoms with van der Waals surface area (Å²) in [6, 6.07) is 8.74. The predicted octanol–water partition coefficient (Wildman–Crippen LogP) is 3.38. The molecule has 6 heteroatoms. The van der Waals surface area contributed by atoms with Gasteiger partial charge in [0.1, 0.15) is 11.9 Å². The molecule has 1 N–H and O–H groups in total. The number of nitriles is 1. The summed E-state index contributed by atoms with van der Waals surface area (Å²) in [6.45, 7) is 3.85. The highest BCUT2D eigenvalue weighted by atomic mass is 35.5. The fourth-order valence-electron chi connectivity index (χ4n) is 1.69. The maximum atomic E-state index is 12.3. The molecular weight excluding hydrogens is 288 g/mol. The van der Waals surface area contributed by atoms with Crippen molar-refractivity contribution in [2.24, 2.45) is 0 Å². The van der Waals surface area contributed by atoms with Crippen LogP contribution in [0.3, 0.4) is 0 Å². The molecule has 0 saturated carbocycles. The molecule has 0 bridgehead atoms. The van der Waals surface area contributed by atoms with E-state index in [1.807, 2.05) is 19.9 Å². The summed E-state index contributed by atoms with van der Waals surface area (Å²) in [7, 11) is 0. The highest BCUT2D eigenvalue weighted by Gasteiger charge is 2.16. The molecule has 106 valence electrons. The number of carbonyl (C=O) groups is 1. The van der Waals surface area contributed by atoms with Crippen molar-refractivity contribution in [1.29, 1.82) is 5.26 Å². The van der Waals surface area contributed by atoms with Crippen LogP contribution >= 0.6 is 11.6 Å². The number of para-hydroxylation sites is 1. The van der Waals surface area contributed by atoms with E-state index in [1.165, 1.54) is 6.20 Å². The average Bonchev–Trinajstić information content (AvgIpc) is 2.47. The molecule has 1 heterocycles. The van der Waals surface area contributed by atoms with Crippen LogP contribution in [0.4, 0.5) is 5.69 Å². The van der Waals surface area contributed by atoms with Crippen molar-refractivity contribution in [3.8, 4) is 6.07 Å². The summed E-state index contributed by atoms with van der Waals surface area (Å²) in [6.07, 6.45) is 1.41. The molecular formula is C15H13ClN4O. The number of hydrogen-bond acceptors (Lipinski definition) is 4. The second kappa shape index (κ2) is 6.33. The zero-order chi connectivity index (χ0) is 15.4. The van der Waals surface area contributed by atoms with E-state index in [2.05, 4.69) is 15.3 Å². The molecule has 2 rings (SSSR count). The molecule has 0 spiro atoms. The lowest BCUT2D eigenvalue weighted by Crippen LogP contribution is -2.17. The smallest absolute Gasteiger partial charge is 0.275 e. The van der Waals surface area contributed by atoms with E-state index < -0.39 is 5.91 Å². The lowest BCUT2D eigenvalue weighted by Gasteiger charge is -2.09. The molecule has 0 atom stereocenters. The maximum Gasteiger partial charge on any atom is 0.275 e. The van der Waals surface area contributed by atoms with Crippen molar-refractivity contribution in [1.82, 2.24) is 9.97 Å². The first-order valence-corrected chi connectivity index (χ1v) is 6.73. The zero-order valence-corrected chi connectivity index (χ0v) is 12.3. The summed E-state index contributed by atoms with van der Waals surface area (Å²) in [5.74, 6) is 0.158. The van der Waals surface area contributed by atoms with Gasteiger partial charge in [-0.1, -0.05) is 37.6 Å². The van der Waals surface area contributed by atoms with E-state index in [1.54, 1.807) is 24.3 Å². The van der Waals surface area contributed by atoms with Gasteiger partial charge in [-0.2, -0.15) is 5.26 Å². The number of halogens is 1. The minimum absolute atomic E-state index is 0.0835. The van der Waals surface area contributed by atoms with Crippen LogP contribution in [0.1, 0.15) is 41.6 Å². The van der Waals surface area contributed by atoms with Crippen molar-refractivity contribution in [3.63, 3.8) is 0 Å². The number of nitrogens with one attached hydrogen (secondary N) is 1. The van der Waals surface area contributed by atoms with Gasteiger partial charge in [-0.25, -0.2) is 9.97 Å². The Morgan fingerprint density at radius 3 is 2.76 bits per heavy atom. The van der Waals surface area contributed by atoms with Gasteiger partial charge >= 0.3 is 0 Å². The van der Waals surface area contributed by atoms with Crippen LogP contribution in [0.2, 0.25) is 5.02 Å². The Morgan fingerprint density at radius 1 is 1.38 bits per heavy atom. The number of aromatic nitrogens is 2. The molecule has 21 heavy (non-hydrogen) atoms. The quantitative estimate of drug-likeness (QED) is 0.942. The van der Waals surface area contributed by atoms with Crippen molar-refractivity contribution in [2.45, 2.75) is 19.8 Å². The number of nitrogens with zero attached hydrogens (tertiary/aromatic N) is 3. The van der Waals surface area contributed by atoms with Gasteiger partial charge in [0.2, 0.25) is 0 Å². The van der Waals surface area contributed by atoms with Crippen LogP contribution in [0, 0.1) is 11.3 Å². The zero-order valence-electron chi connectivity index (χ0n) is 11.6. The first kappa shape index (κ1) is 14.9. The van der Waals surface area contributed by atoms with Crippen LogP contribution < -0.4 is 5.32 Å². The van der Waals surface area contributed by atoms with Crippen LogP contribution in [-0.4, -0.2) is 15.9 Å². The van der Waals surface area contributed by atoms with Crippen LogP contribution in [-0.2, 0) is 0 Å². The number of hydrogen-bond donors (Lipinski definition) is 1. The summed E-state index contributed by atoms with van der Waals surface area (Å²) < 4.78 is 0. The fourth-order valence-corrected chi connectivity index (χ4v) is 1.87. The van der Waals surface area contributed by atoms with Gasteiger partial charge in [0.25, 0.3) is 5.91 Å². The third-order valence-electron chi connectivity index (χ3n) is 2.79. The van der Waals surface area contributed by atoms with Gasteiger partial charge < -0.3 is 5.32 Å².